The van der Waals surface area contributed by atoms with Crippen molar-refractivity contribution in [2.45, 2.75) is 19.5 Å². The van der Waals surface area contributed by atoms with Gasteiger partial charge in [0.2, 0.25) is 0 Å². The molecule has 3 nitrogen and oxygen atoms in total. The Labute approximate surface area is 132 Å². The fourth-order valence-corrected chi connectivity index (χ4v) is 3.43. The Morgan fingerprint density at radius 1 is 1.25 bits per heavy atom. The van der Waals surface area contributed by atoms with Crippen molar-refractivity contribution in [1.82, 2.24) is 5.32 Å². The highest BCUT2D eigenvalue weighted by Crippen LogP contribution is 2.30. The minimum Gasteiger partial charge on any atom is -0.497 e. The molecule has 0 fully saturated rings. The molecule has 20 heavy (non-hydrogen) atoms. The Kier molecular flexibility index (Phi) is 5.46. The fraction of sp³-hybridized carbons (Fsp3) is 0.333. The van der Waals surface area contributed by atoms with E-state index < -0.39 is 0 Å². The van der Waals surface area contributed by atoms with Gasteiger partial charge in [-0.2, -0.15) is 0 Å². The third-order valence-electron chi connectivity index (χ3n) is 3.16. The lowest BCUT2D eigenvalue weighted by atomic mass is 10.1. The van der Waals surface area contributed by atoms with E-state index in [0.29, 0.717) is 0 Å². The van der Waals surface area contributed by atoms with Crippen molar-refractivity contribution >= 4 is 27.3 Å². The van der Waals surface area contributed by atoms with Gasteiger partial charge >= 0.3 is 0 Å². The largest absolute Gasteiger partial charge is 0.497 e. The van der Waals surface area contributed by atoms with Gasteiger partial charge in [0.15, 0.2) is 0 Å². The predicted octanol–water partition coefficient (Wildman–Crippen LogP) is 4.38. The standard InChI is InChI=1S/C15H18BrNO2S/c1-10(17-9-15-13(16)6-7-20-15)12-8-11(18-2)4-5-14(12)19-3/h4-8,10,17H,9H2,1-3H3. The summed E-state index contributed by atoms with van der Waals surface area (Å²) in [5.41, 5.74) is 1.10. The number of halogens is 1. The Balaban J connectivity index is 2.11. The maximum atomic E-state index is 5.42. The highest BCUT2D eigenvalue weighted by atomic mass is 79.9. The van der Waals surface area contributed by atoms with E-state index in [1.807, 2.05) is 18.2 Å². The maximum Gasteiger partial charge on any atom is 0.123 e. The van der Waals surface area contributed by atoms with Crippen LogP contribution in [0.25, 0.3) is 0 Å². The number of methoxy groups -OCH3 is 2. The van der Waals surface area contributed by atoms with Crippen molar-refractivity contribution in [1.29, 1.82) is 0 Å². The number of hydrogen-bond donors (Lipinski definition) is 1. The van der Waals surface area contributed by atoms with Crippen LogP contribution >= 0.6 is 27.3 Å². The van der Waals surface area contributed by atoms with Gasteiger partial charge in [-0.3, -0.25) is 0 Å². The molecule has 1 heterocycles. The van der Waals surface area contributed by atoms with Crippen molar-refractivity contribution in [3.8, 4) is 11.5 Å². The lowest BCUT2D eigenvalue weighted by Gasteiger charge is -2.18. The second-order valence-corrected chi connectivity index (χ2v) is 6.26. The van der Waals surface area contributed by atoms with Crippen LogP contribution in [-0.2, 0) is 6.54 Å². The highest BCUT2D eigenvalue weighted by molar-refractivity contribution is 9.10. The quantitative estimate of drug-likeness (QED) is 0.833. The van der Waals surface area contributed by atoms with Gasteiger partial charge in [0.25, 0.3) is 0 Å². The number of thiophene rings is 1. The summed E-state index contributed by atoms with van der Waals surface area (Å²) >= 11 is 5.29. The maximum absolute atomic E-state index is 5.42. The molecule has 0 radical (unpaired) electrons. The molecule has 0 saturated carbocycles. The minimum atomic E-state index is 0.175. The molecule has 1 N–H and O–H groups in total. The normalized spacial score (nSPS) is 12.2. The highest BCUT2D eigenvalue weighted by Gasteiger charge is 2.13. The van der Waals surface area contributed by atoms with Crippen molar-refractivity contribution < 1.29 is 9.47 Å². The van der Waals surface area contributed by atoms with Gasteiger partial charge in [0.1, 0.15) is 11.5 Å². The topological polar surface area (TPSA) is 30.5 Å². The molecule has 108 valence electrons. The molecule has 1 aromatic heterocycles. The number of hydrogen-bond acceptors (Lipinski definition) is 4. The van der Waals surface area contributed by atoms with Gasteiger partial charge in [-0.15, -0.1) is 11.3 Å². The van der Waals surface area contributed by atoms with E-state index in [1.54, 1.807) is 25.6 Å². The summed E-state index contributed by atoms with van der Waals surface area (Å²) in [7, 11) is 3.36. The first-order chi connectivity index (χ1) is 9.65. The van der Waals surface area contributed by atoms with Crippen LogP contribution in [0.15, 0.2) is 34.1 Å². The zero-order valence-electron chi connectivity index (χ0n) is 11.8. The van der Waals surface area contributed by atoms with Crippen molar-refractivity contribution in [3.63, 3.8) is 0 Å². The third kappa shape index (κ3) is 3.53. The summed E-state index contributed by atoms with van der Waals surface area (Å²) in [5.74, 6) is 1.71. The zero-order valence-corrected chi connectivity index (χ0v) is 14.2. The molecule has 0 saturated heterocycles. The molecular weight excluding hydrogens is 338 g/mol. The van der Waals surface area contributed by atoms with Crippen molar-refractivity contribution in [2.75, 3.05) is 14.2 Å². The average Bonchev–Trinajstić information content (AvgIpc) is 2.89. The molecule has 0 aliphatic rings. The summed E-state index contributed by atoms with van der Waals surface area (Å²) in [6.07, 6.45) is 0. The van der Waals surface area contributed by atoms with E-state index in [9.17, 15) is 0 Å². The molecular formula is C15H18BrNO2S. The van der Waals surface area contributed by atoms with Crippen molar-refractivity contribution in [2.24, 2.45) is 0 Å². The van der Waals surface area contributed by atoms with Crippen LogP contribution < -0.4 is 14.8 Å². The summed E-state index contributed by atoms with van der Waals surface area (Å²) in [5, 5.41) is 5.59. The molecule has 5 heteroatoms. The molecule has 2 aromatic rings. The first-order valence-corrected chi connectivity index (χ1v) is 8.00. The molecule has 0 amide bonds. The van der Waals surface area contributed by atoms with Gasteiger partial charge in [-0.25, -0.2) is 0 Å². The third-order valence-corrected chi connectivity index (χ3v) is 5.09. The van der Waals surface area contributed by atoms with Crippen LogP contribution in [0, 0.1) is 0 Å². The van der Waals surface area contributed by atoms with E-state index in [2.05, 4.69) is 39.6 Å². The van der Waals surface area contributed by atoms with Crippen LogP contribution in [0.1, 0.15) is 23.4 Å². The lowest BCUT2D eigenvalue weighted by Crippen LogP contribution is -2.18. The first-order valence-electron chi connectivity index (χ1n) is 6.33. The Bertz CT molecular complexity index is 571. The van der Waals surface area contributed by atoms with Crippen LogP contribution in [0.3, 0.4) is 0 Å². The Morgan fingerprint density at radius 2 is 2.05 bits per heavy atom. The monoisotopic (exact) mass is 355 g/mol. The molecule has 0 spiro atoms. The van der Waals surface area contributed by atoms with Gasteiger partial charge in [-0.05, 0) is 52.5 Å². The van der Waals surface area contributed by atoms with E-state index >= 15 is 0 Å². The number of benzene rings is 1. The van der Waals surface area contributed by atoms with Gasteiger partial charge in [-0.1, -0.05) is 0 Å². The lowest BCUT2D eigenvalue weighted by molar-refractivity contribution is 0.391. The average molecular weight is 356 g/mol. The summed E-state index contributed by atoms with van der Waals surface area (Å²) in [4.78, 5) is 1.29. The van der Waals surface area contributed by atoms with Gasteiger partial charge < -0.3 is 14.8 Å². The summed E-state index contributed by atoms with van der Waals surface area (Å²) in [6.45, 7) is 2.94. The van der Waals surface area contributed by atoms with Crippen LogP contribution in [0.4, 0.5) is 0 Å². The van der Waals surface area contributed by atoms with E-state index in [0.717, 1.165) is 28.1 Å². The van der Waals surface area contributed by atoms with Gasteiger partial charge in [0, 0.05) is 27.5 Å². The summed E-state index contributed by atoms with van der Waals surface area (Å²) in [6, 6.07) is 8.10. The van der Waals surface area contributed by atoms with E-state index in [4.69, 9.17) is 9.47 Å². The van der Waals surface area contributed by atoms with Gasteiger partial charge in [0.05, 0.1) is 14.2 Å². The van der Waals surface area contributed by atoms with E-state index in [1.165, 1.54) is 4.88 Å². The molecule has 1 atom stereocenters. The second-order valence-electron chi connectivity index (χ2n) is 4.40. The first kappa shape index (κ1) is 15.4. The predicted molar refractivity (Wildman–Crippen MR) is 86.8 cm³/mol. The Morgan fingerprint density at radius 3 is 2.65 bits per heavy atom. The molecule has 0 aliphatic heterocycles. The molecule has 2 rings (SSSR count). The minimum absolute atomic E-state index is 0.175. The van der Waals surface area contributed by atoms with Crippen molar-refractivity contribution in [3.05, 3.63) is 44.6 Å². The Hall–Kier alpha value is -1.04. The van der Waals surface area contributed by atoms with E-state index in [-0.39, 0.29) is 6.04 Å². The SMILES string of the molecule is COc1ccc(OC)c(C(C)NCc2sccc2Br)c1. The smallest absolute Gasteiger partial charge is 0.123 e. The molecule has 0 bridgehead atoms. The fourth-order valence-electron chi connectivity index (χ4n) is 1.98. The second kappa shape index (κ2) is 7.11. The molecule has 1 aromatic carbocycles. The molecule has 0 aliphatic carbocycles. The van der Waals surface area contributed by atoms with Crippen LogP contribution in [0.2, 0.25) is 0 Å². The van der Waals surface area contributed by atoms with Crippen LogP contribution in [0.5, 0.6) is 11.5 Å². The number of nitrogens with one attached hydrogen (secondary N) is 1. The van der Waals surface area contributed by atoms with Crippen LogP contribution in [-0.4, -0.2) is 14.2 Å². The molecule has 1 unspecified atom stereocenters. The summed E-state index contributed by atoms with van der Waals surface area (Å²) < 4.78 is 11.9. The number of ether oxygens (including phenoxy) is 2. The number of rotatable bonds is 6. The zero-order chi connectivity index (χ0) is 14.5.